The fourth-order valence-corrected chi connectivity index (χ4v) is 6.80. The van der Waals surface area contributed by atoms with Gasteiger partial charge >= 0.3 is 0 Å². The molecule has 3 rings (SSSR count). The highest BCUT2D eigenvalue weighted by Crippen LogP contribution is 2.34. The molecule has 1 heterocycles. The highest BCUT2D eigenvalue weighted by molar-refractivity contribution is 7.93. The molecule has 0 saturated carbocycles. The summed E-state index contributed by atoms with van der Waals surface area (Å²) in [6, 6.07) is 7.99. The molecule has 10 heteroatoms. The second kappa shape index (κ2) is 8.35. The van der Waals surface area contributed by atoms with Gasteiger partial charge in [-0.3, -0.25) is 9.03 Å². The average Bonchev–Trinajstić information content (AvgIpc) is 2.66. The minimum absolute atomic E-state index is 0.101. The van der Waals surface area contributed by atoms with E-state index >= 15 is 0 Å². The molecule has 0 bridgehead atoms. The lowest BCUT2D eigenvalue weighted by molar-refractivity contribution is 0.395. The van der Waals surface area contributed by atoms with Gasteiger partial charge in [0.2, 0.25) is 10.0 Å². The van der Waals surface area contributed by atoms with Gasteiger partial charge in [0.05, 0.1) is 36.2 Å². The first-order valence-corrected chi connectivity index (χ1v) is 12.5. The maximum absolute atomic E-state index is 13.2. The molecular formula is C20H26N2O6S2. The average molecular weight is 455 g/mol. The number of hydrogen-bond donors (Lipinski definition) is 1. The number of sulfonamides is 2. The van der Waals surface area contributed by atoms with Gasteiger partial charge in [0.15, 0.2) is 0 Å². The van der Waals surface area contributed by atoms with Crippen molar-refractivity contribution in [2.24, 2.45) is 0 Å². The fourth-order valence-electron chi connectivity index (χ4n) is 3.65. The van der Waals surface area contributed by atoms with E-state index in [4.69, 9.17) is 9.47 Å². The van der Waals surface area contributed by atoms with E-state index in [0.29, 0.717) is 41.3 Å². The van der Waals surface area contributed by atoms with E-state index < -0.39 is 20.0 Å². The number of nitrogens with one attached hydrogen (secondary N) is 1. The Labute approximate surface area is 177 Å². The van der Waals surface area contributed by atoms with Crippen LogP contribution in [0.5, 0.6) is 11.5 Å². The van der Waals surface area contributed by atoms with Crippen LogP contribution in [-0.2, 0) is 20.0 Å². The van der Waals surface area contributed by atoms with Gasteiger partial charge < -0.3 is 9.47 Å². The molecule has 1 fully saturated rings. The van der Waals surface area contributed by atoms with Crippen molar-refractivity contribution in [3.8, 4) is 11.5 Å². The topological polar surface area (TPSA) is 102 Å². The summed E-state index contributed by atoms with van der Waals surface area (Å²) >= 11 is 0. The molecule has 0 radical (unpaired) electrons. The monoisotopic (exact) mass is 454 g/mol. The Morgan fingerprint density at radius 2 is 1.67 bits per heavy atom. The third-order valence-electron chi connectivity index (χ3n) is 5.00. The molecular weight excluding hydrogens is 428 g/mol. The van der Waals surface area contributed by atoms with Gasteiger partial charge in [-0.1, -0.05) is 0 Å². The van der Waals surface area contributed by atoms with Crippen molar-refractivity contribution in [3.63, 3.8) is 0 Å². The van der Waals surface area contributed by atoms with Crippen molar-refractivity contribution in [1.29, 1.82) is 0 Å². The third kappa shape index (κ3) is 4.34. The summed E-state index contributed by atoms with van der Waals surface area (Å²) in [7, 11) is -4.37. The molecule has 2 aromatic rings. The minimum atomic E-state index is -3.94. The predicted octanol–water partition coefficient (Wildman–Crippen LogP) is 3.05. The molecule has 0 aromatic heterocycles. The maximum atomic E-state index is 13.2. The van der Waals surface area contributed by atoms with Crippen molar-refractivity contribution < 1.29 is 26.3 Å². The van der Waals surface area contributed by atoms with Gasteiger partial charge in [0, 0.05) is 12.6 Å². The van der Waals surface area contributed by atoms with Crippen LogP contribution in [-0.4, -0.2) is 43.4 Å². The van der Waals surface area contributed by atoms with E-state index in [-0.39, 0.29) is 16.3 Å². The first-order chi connectivity index (χ1) is 14.1. The normalized spacial score (nSPS) is 16.2. The number of ether oxygens (including phenoxy) is 2. The highest BCUT2D eigenvalue weighted by atomic mass is 32.2. The Balaban J connectivity index is 1.99. The lowest BCUT2D eigenvalue weighted by Crippen LogP contribution is -2.38. The first-order valence-electron chi connectivity index (χ1n) is 9.45. The van der Waals surface area contributed by atoms with Gasteiger partial charge in [0.25, 0.3) is 10.0 Å². The molecule has 8 nitrogen and oxygen atoms in total. The molecule has 1 saturated heterocycles. The Bertz CT molecular complexity index is 1140. The standard InChI is InChI=1S/C20H26N2O6S2/c1-14-11-16(22-9-5-6-10-29(22,23)24)12-15(2)20(14)30(25,26)21-18-8-7-17(27-3)13-19(18)28-4/h7-8,11-13,21H,5-6,9-10H2,1-4H3. The number of hydrogen-bond acceptors (Lipinski definition) is 6. The summed E-state index contributed by atoms with van der Waals surface area (Å²) < 4.78 is 65.5. The Morgan fingerprint density at radius 3 is 2.23 bits per heavy atom. The smallest absolute Gasteiger partial charge is 0.262 e. The molecule has 30 heavy (non-hydrogen) atoms. The van der Waals surface area contributed by atoms with Gasteiger partial charge in [0.1, 0.15) is 11.5 Å². The van der Waals surface area contributed by atoms with Crippen molar-refractivity contribution in [1.82, 2.24) is 0 Å². The van der Waals surface area contributed by atoms with Gasteiger partial charge in [-0.05, 0) is 62.1 Å². The summed E-state index contributed by atoms with van der Waals surface area (Å²) in [5.74, 6) is 0.961. The summed E-state index contributed by atoms with van der Waals surface area (Å²) in [5, 5.41) is 0. The van der Waals surface area contributed by atoms with Gasteiger partial charge in [-0.15, -0.1) is 0 Å². The molecule has 0 spiro atoms. The summed E-state index contributed by atoms with van der Waals surface area (Å²) in [6.45, 7) is 3.72. The van der Waals surface area contributed by atoms with Crippen LogP contribution < -0.4 is 18.5 Å². The molecule has 2 aromatic carbocycles. The number of nitrogens with zero attached hydrogens (tertiary/aromatic N) is 1. The minimum Gasteiger partial charge on any atom is -0.497 e. The Morgan fingerprint density at radius 1 is 1.00 bits per heavy atom. The van der Waals surface area contributed by atoms with Crippen molar-refractivity contribution in [2.45, 2.75) is 31.6 Å². The lowest BCUT2D eigenvalue weighted by Gasteiger charge is -2.29. The Hall–Kier alpha value is -2.46. The largest absolute Gasteiger partial charge is 0.497 e. The van der Waals surface area contributed by atoms with Crippen LogP contribution in [0.4, 0.5) is 11.4 Å². The second-order valence-electron chi connectivity index (χ2n) is 7.18. The number of benzene rings is 2. The van der Waals surface area contributed by atoms with Crippen molar-refractivity contribution >= 4 is 31.4 Å². The van der Waals surface area contributed by atoms with E-state index in [1.807, 2.05) is 0 Å². The zero-order chi connectivity index (χ0) is 22.1. The van der Waals surface area contributed by atoms with E-state index in [9.17, 15) is 16.8 Å². The van der Waals surface area contributed by atoms with E-state index in [0.717, 1.165) is 6.42 Å². The SMILES string of the molecule is COc1ccc(NS(=O)(=O)c2c(C)cc(N3CCCCS3(=O)=O)cc2C)c(OC)c1. The van der Waals surface area contributed by atoms with Gasteiger partial charge in [-0.2, -0.15) is 0 Å². The van der Waals surface area contributed by atoms with Gasteiger partial charge in [-0.25, -0.2) is 16.8 Å². The van der Waals surface area contributed by atoms with Crippen LogP contribution in [0.3, 0.4) is 0 Å². The van der Waals surface area contributed by atoms with Crippen molar-refractivity contribution in [2.75, 3.05) is 35.5 Å². The fraction of sp³-hybridized carbons (Fsp3) is 0.400. The van der Waals surface area contributed by atoms with E-state index in [1.165, 1.54) is 18.5 Å². The number of rotatable bonds is 6. The molecule has 164 valence electrons. The zero-order valence-corrected chi connectivity index (χ0v) is 19.1. The van der Waals surface area contributed by atoms with Crippen LogP contribution in [0, 0.1) is 13.8 Å². The summed E-state index contributed by atoms with van der Waals surface area (Å²) in [6.07, 6.45) is 1.41. The molecule has 0 atom stereocenters. The molecule has 0 amide bonds. The molecule has 1 N–H and O–H groups in total. The van der Waals surface area contributed by atoms with Crippen LogP contribution in [0.25, 0.3) is 0 Å². The first kappa shape index (κ1) is 22.2. The van der Waals surface area contributed by atoms with Crippen molar-refractivity contribution in [3.05, 3.63) is 41.5 Å². The van der Waals surface area contributed by atoms with Crippen LogP contribution in [0.15, 0.2) is 35.2 Å². The lowest BCUT2D eigenvalue weighted by atomic mass is 10.1. The van der Waals surface area contributed by atoms with Crippen LogP contribution in [0.2, 0.25) is 0 Å². The molecule has 0 unspecified atom stereocenters. The summed E-state index contributed by atoms with van der Waals surface area (Å²) in [5.41, 5.74) is 1.70. The maximum Gasteiger partial charge on any atom is 0.262 e. The molecule has 0 aliphatic carbocycles. The van der Waals surface area contributed by atoms with Crippen LogP contribution in [0.1, 0.15) is 24.0 Å². The second-order valence-corrected chi connectivity index (χ2v) is 10.8. The van der Waals surface area contributed by atoms with Crippen LogP contribution >= 0.6 is 0 Å². The predicted molar refractivity (Wildman–Crippen MR) is 117 cm³/mol. The zero-order valence-electron chi connectivity index (χ0n) is 17.4. The van der Waals surface area contributed by atoms with E-state index in [2.05, 4.69) is 4.72 Å². The number of aryl methyl sites for hydroxylation is 2. The highest BCUT2D eigenvalue weighted by Gasteiger charge is 2.28. The summed E-state index contributed by atoms with van der Waals surface area (Å²) in [4.78, 5) is 0.110. The quantitative estimate of drug-likeness (QED) is 0.720. The molecule has 1 aliphatic heterocycles. The van der Waals surface area contributed by atoms with E-state index in [1.54, 1.807) is 44.2 Å². The number of methoxy groups -OCH3 is 2. The number of anilines is 2. The Kier molecular flexibility index (Phi) is 6.19. The third-order valence-corrected chi connectivity index (χ3v) is 8.54. The molecule has 1 aliphatic rings.